The molecule has 0 spiro atoms. The predicted octanol–water partition coefficient (Wildman–Crippen LogP) is 0.999. The van der Waals surface area contributed by atoms with Crippen LogP contribution in [0.4, 0.5) is 4.79 Å². The molecule has 1 unspecified atom stereocenters. The molecule has 0 bridgehead atoms. The third-order valence-corrected chi connectivity index (χ3v) is 3.60. The molecule has 1 aliphatic rings. The number of aliphatic hydroxyl groups is 2. The molecule has 5 nitrogen and oxygen atoms in total. The van der Waals surface area contributed by atoms with E-state index < -0.39 is 0 Å². The highest BCUT2D eigenvalue weighted by Crippen LogP contribution is 2.28. The van der Waals surface area contributed by atoms with E-state index in [1.54, 1.807) is 0 Å². The first-order valence-corrected chi connectivity index (χ1v) is 7.04. The Balaban J connectivity index is 2.24. The molecule has 0 aromatic rings. The molecule has 0 aliphatic heterocycles. The van der Waals surface area contributed by atoms with Gasteiger partial charge in [-0.2, -0.15) is 0 Å². The van der Waals surface area contributed by atoms with Crippen molar-refractivity contribution < 1.29 is 15.0 Å². The summed E-state index contributed by atoms with van der Waals surface area (Å²) in [5.41, 5.74) is 0. The van der Waals surface area contributed by atoms with Crippen molar-refractivity contribution in [3.05, 3.63) is 0 Å². The van der Waals surface area contributed by atoms with E-state index in [1.807, 2.05) is 0 Å². The van der Waals surface area contributed by atoms with Gasteiger partial charge in [-0.05, 0) is 38.0 Å². The largest absolute Gasteiger partial charge is 0.396 e. The fraction of sp³-hybridized carbons (Fsp3) is 0.923. The number of hydrogen-bond donors (Lipinski definition) is 4. The lowest BCUT2D eigenvalue weighted by atomic mass is 9.96. The van der Waals surface area contributed by atoms with E-state index in [9.17, 15) is 4.79 Å². The third kappa shape index (κ3) is 5.69. The number of rotatable bonds is 8. The van der Waals surface area contributed by atoms with Crippen molar-refractivity contribution in [1.82, 2.24) is 10.6 Å². The predicted molar refractivity (Wildman–Crippen MR) is 70.3 cm³/mol. The van der Waals surface area contributed by atoms with Crippen LogP contribution in [0.15, 0.2) is 0 Å². The lowest BCUT2D eigenvalue weighted by Gasteiger charge is -2.24. The highest BCUT2D eigenvalue weighted by Gasteiger charge is 2.25. The quantitative estimate of drug-likeness (QED) is 0.490. The molecule has 1 fully saturated rings. The second-order valence-electron chi connectivity index (χ2n) is 4.99. The third-order valence-electron chi connectivity index (χ3n) is 3.60. The van der Waals surface area contributed by atoms with Crippen molar-refractivity contribution in [3.63, 3.8) is 0 Å². The highest BCUT2D eigenvalue weighted by atomic mass is 16.3. The highest BCUT2D eigenvalue weighted by molar-refractivity contribution is 5.74. The number of amides is 2. The summed E-state index contributed by atoms with van der Waals surface area (Å²) in [6.45, 7) is 0.868. The minimum absolute atomic E-state index is 0.0929. The van der Waals surface area contributed by atoms with Gasteiger partial charge in [0.25, 0.3) is 0 Å². The zero-order valence-electron chi connectivity index (χ0n) is 11.0. The number of nitrogens with one attached hydrogen (secondary N) is 2. The molecule has 0 radical (unpaired) electrons. The molecule has 1 atom stereocenters. The topological polar surface area (TPSA) is 81.6 Å². The molecule has 0 aromatic carbocycles. The van der Waals surface area contributed by atoms with Crippen molar-refractivity contribution in [2.75, 3.05) is 19.8 Å². The van der Waals surface area contributed by atoms with E-state index in [4.69, 9.17) is 10.2 Å². The van der Waals surface area contributed by atoms with Gasteiger partial charge in [0.15, 0.2) is 0 Å². The Bertz CT molecular complexity index is 230. The Morgan fingerprint density at radius 1 is 1.17 bits per heavy atom. The standard InChI is InChI=1S/C13H26N2O3/c16-9-4-3-8-14-13(18)15-12(7-10-17)11-5-1-2-6-11/h11-12,16-17H,1-10H2,(H2,14,15,18). The fourth-order valence-corrected chi connectivity index (χ4v) is 2.58. The van der Waals surface area contributed by atoms with Crippen LogP contribution in [0, 0.1) is 5.92 Å². The molecule has 1 rings (SSSR count). The number of aliphatic hydroxyl groups excluding tert-OH is 2. The van der Waals surface area contributed by atoms with Crippen molar-refractivity contribution in [3.8, 4) is 0 Å². The monoisotopic (exact) mass is 258 g/mol. The summed E-state index contributed by atoms with van der Waals surface area (Å²) in [5.74, 6) is 0.514. The van der Waals surface area contributed by atoms with Crippen LogP contribution >= 0.6 is 0 Å². The fourth-order valence-electron chi connectivity index (χ4n) is 2.58. The molecule has 1 saturated carbocycles. The van der Waals surface area contributed by atoms with Crippen LogP contribution in [0.3, 0.4) is 0 Å². The normalized spacial score (nSPS) is 17.7. The first-order chi connectivity index (χ1) is 8.77. The van der Waals surface area contributed by atoms with Crippen molar-refractivity contribution in [2.45, 2.75) is 51.0 Å². The van der Waals surface area contributed by atoms with Gasteiger partial charge in [0.1, 0.15) is 0 Å². The Hall–Kier alpha value is -0.810. The van der Waals surface area contributed by atoms with Crippen LogP contribution in [0.2, 0.25) is 0 Å². The maximum atomic E-state index is 11.7. The summed E-state index contributed by atoms with van der Waals surface area (Å²) in [6.07, 6.45) is 6.89. The summed E-state index contributed by atoms with van der Waals surface area (Å²) < 4.78 is 0. The second kappa shape index (κ2) is 9.16. The lowest BCUT2D eigenvalue weighted by molar-refractivity contribution is 0.213. The summed E-state index contributed by atoms with van der Waals surface area (Å²) in [7, 11) is 0. The number of unbranched alkanes of at least 4 members (excludes halogenated alkanes) is 1. The number of carbonyl (C=O) groups is 1. The maximum absolute atomic E-state index is 11.7. The minimum atomic E-state index is -0.154. The van der Waals surface area contributed by atoms with Gasteiger partial charge < -0.3 is 20.8 Å². The molecule has 106 valence electrons. The van der Waals surface area contributed by atoms with Gasteiger partial charge in [-0.1, -0.05) is 12.8 Å². The minimum Gasteiger partial charge on any atom is -0.396 e. The summed E-state index contributed by atoms with van der Waals surface area (Å²) in [4.78, 5) is 11.7. The second-order valence-corrected chi connectivity index (χ2v) is 4.99. The molecular weight excluding hydrogens is 232 g/mol. The summed E-state index contributed by atoms with van der Waals surface area (Å²) in [6, 6.07) is -0.0615. The molecule has 2 amide bonds. The van der Waals surface area contributed by atoms with E-state index in [2.05, 4.69) is 10.6 Å². The Kier molecular flexibility index (Phi) is 7.76. The van der Waals surface area contributed by atoms with Gasteiger partial charge in [-0.15, -0.1) is 0 Å². The first-order valence-electron chi connectivity index (χ1n) is 7.04. The molecule has 0 aromatic heterocycles. The SMILES string of the molecule is O=C(NCCCCO)NC(CCO)C1CCCC1. The molecule has 0 heterocycles. The number of urea groups is 1. The van der Waals surface area contributed by atoms with E-state index >= 15 is 0 Å². The van der Waals surface area contributed by atoms with Gasteiger partial charge in [0.2, 0.25) is 0 Å². The summed E-state index contributed by atoms with van der Waals surface area (Å²) in [5, 5.41) is 23.4. The van der Waals surface area contributed by atoms with Gasteiger partial charge in [-0.3, -0.25) is 0 Å². The van der Waals surface area contributed by atoms with Crippen LogP contribution in [0.25, 0.3) is 0 Å². The Morgan fingerprint density at radius 2 is 1.89 bits per heavy atom. The first kappa shape index (κ1) is 15.2. The average molecular weight is 258 g/mol. The zero-order chi connectivity index (χ0) is 13.2. The average Bonchev–Trinajstić information content (AvgIpc) is 2.88. The zero-order valence-corrected chi connectivity index (χ0v) is 11.0. The van der Waals surface area contributed by atoms with E-state index in [0.717, 1.165) is 19.3 Å². The van der Waals surface area contributed by atoms with Gasteiger partial charge in [0.05, 0.1) is 0 Å². The maximum Gasteiger partial charge on any atom is 0.315 e. The van der Waals surface area contributed by atoms with E-state index in [-0.39, 0.29) is 25.3 Å². The molecule has 0 saturated heterocycles. The summed E-state index contributed by atoms with van der Waals surface area (Å²) >= 11 is 0. The molecular formula is C13H26N2O3. The van der Waals surface area contributed by atoms with Gasteiger partial charge >= 0.3 is 6.03 Å². The van der Waals surface area contributed by atoms with Crippen LogP contribution in [-0.2, 0) is 0 Å². The van der Waals surface area contributed by atoms with Crippen LogP contribution in [0.1, 0.15) is 44.9 Å². The number of carbonyl (C=O) groups excluding carboxylic acids is 1. The van der Waals surface area contributed by atoms with Crippen molar-refractivity contribution in [1.29, 1.82) is 0 Å². The van der Waals surface area contributed by atoms with E-state index in [0.29, 0.717) is 25.3 Å². The van der Waals surface area contributed by atoms with Crippen LogP contribution in [-0.4, -0.2) is 42.0 Å². The van der Waals surface area contributed by atoms with Gasteiger partial charge in [0, 0.05) is 25.8 Å². The smallest absolute Gasteiger partial charge is 0.315 e. The molecule has 18 heavy (non-hydrogen) atoms. The van der Waals surface area contributed by atoms with Gasteiger partial charge in [-0.25, -0.2) is 4.79 Å². The van der Waals surface area contributed by atoms with Crippen LogP contribution in [0.5, 0.6) is 0 Å². The molecule has 1 aliphatic carbocycles. The Morgan fingerprint density at radius 3 is 2.50 bits per heavy atom. The van der Waals surface area contributed by atoms with Crippen molar-refractivity contribution in [2.24, 2.45) is 5.92 Å². The molecule has 4 N–H and O–H groups in total. The van der Waals surface area contributed by atoms with Crippen LogP contribution < -0.4 is 10.6 Å². The molecule has 5 heteroatoms. The lowest BCUT2D eigenvalue weighted by Crippen LogP contribution is -2.45. The van der Waals surface area contributed by atoms with Crippen molar-refractivity contribution >= 4 is 6.03 Å². The Labute approximate surface area is 109 Å². The van der Waals surface area contributed by atoms with E-state index in [1.165, 1.54) is 12.8 Å². The number of hydrogen-bond acceptors (Lipinski definition) is 3.